The molecule has 1 heterocycles. The Bertz CT molecular complexity index is 337. The predicted octanol–water partition coefficient (Wildman–Crippen LogP) is 0.667. The van der Waals surface area contributed by atoms with Gasteiger partial charge in [0.2, 0.25) is 17.7 Å². The molecule has 0 saturated heterocycles. The minimum Gasteiger partial charge on any atom is -0.481 e. The standard InChI is InChI=1S/C11H20N4O2/c1-8(5-6-12)15(2)11-13-9(16-3)7-10(14-11)17-4/h7-8H,5-6,12H2,1-4H3. The summed E-state index contributed by atoms with van der Waals surface area (Å²) in [6.07, 6.45) is 0.874. The highest BCUT2D eigenvalue weighted by Crippen LogP contribution is 2.20. The van der Waals surface area contributed by atoms with Crippen molar-refractivity contribution < 1.29 is 9.47 Å². The molecule has 0 saturated carbocycles. The molecule has 1 atom stereocenters. The first-order chi connectivity index (χ1) is 8.12. The first-order valence-electron chi connectivity index (χ1n) is 5.52. The molecule has 17 heavy (non-hydrogen) atoms. The summed E-state index contributed by atoms with van der Waals surface area (Å²) < 4.78 is 10.2. The highest BCUT2D eigenvalue weighted by molar-refractivity contribution is 5.36. The van der Waals surface area contributed by atoms with Crippen LogP contribution >= 0.6 is 0 Å². The van der Waals surface area contributed by atoms with Crippen molar-refractivity contribution in [2.45, 2.75) is 19.4 Å². The zero-order valence-electron chi connectivity index (χ0n) is 10.8. The first kappa shape index (κ1) is 13.5. The van der Waals surface area contributed by atoms with Crippen LogP contribution in [0, 0.1) is 0 Å². The lowest BCUT2D eigenvalue weighted by Gasteiger charge is -2.24. The maximum Gasteiger partial charge on any atom is 0.231 e. The second-order valence-electron chi connectivity index (χ2n) is 3.79. The van der Waals surface area contributed by atoms with E-state index in [9.17, 15) is 0 Å². The van der Waals surface area contributed by atoms with E-state index >= 15 is 0 Å². The Kier molecular flexibility index (Phi) is 4.96. The van der Waals surface area contributed by atoms with Crippen molar-refractivity contribution in [1.29, 1.82) is 0 Å². The van der Waals surface area contributed by atoms with Gasteiger partial charge in [0, 0.05) is 13.1 Å². The first-order valence-corrected chi connectivity index (χ1v) is 5.52. The lowest BCUT2D eigenvalue weighted by Crippen LogP contribution is -2.32. The van der Waals surface area contributed by atoms with E-state index in [0.29, 0.717) is 24.3 Å². The SMILES string of the molecule is COc1cc(OC)nc(N(C)C(C)CCN)n1. The number of aromatic nitrogens is 2. The van der Waals surface area contributed by atoms with Gasteiger partial charge in [-0.25, -0.2) is 0 Å². The van der Waals surface area contributed by atoms with Crippen LogP contribution in [0.25, 0.3) is 0 Å². The van der Waals surface area contributed by atoms with Gasteiger partial charge in [-0.3, -0.25) is 0 Å². The monoisotopic (exact) mass is 240 g/mol. The van der Waals surface area contributed by atoms with Crippen LogP contribution in [-0.4, -0.2) is 43.8 Å². The van der Waals surface area contributed by atoms with Crippen LogP contribution in [0.4, 0.5) is 5.95 Å². The number of hydrogen-bond donors (Lipinski definition) is 1. The van der Waals surface area contributed by atoms with Crippen molar-refractivity contribution in [3.63, 3.8) is 0 Å². The molecule has 1 aromatic rings. The van der Waals surface area contributed by atoms with Gasteiger partial charge in [0.15, 0.2) is 0 Å². The summed E-state index contributed by atoms with van der Waals surface area (Å²) in [7, 11) is 5.05. The van der Waals surface area contributed by atoms with Crippen LogP contribution in [-0.2, 0) is 0 Å². The molecule has 6 heteroatoms. The third kappa shape index (κ3) is 3.45. The number of anilines is 1. The van der Waals surface area contributed by atoms with Crippen LogP contribution in [0.2, 0.25) is 0 Å². The van der Waals surface area contributed by atoms with Crippen LogP contribution in [0.3, 0.4) is 0 Å². The Labute approximate surface area is 102 Å². The second-order valence-corrected chi connectivity index (χ2v) is 3.79. The smallest absolute Gasteiger partial charge is 0.231 e. The lowest BCUT2D eigenvalue weighted by atomic mass is 10.2. The molecule has 0 fully saturated rings. The van der Waals surface area contributed by atoms with Crippen LogP contribution in [0.1, 0.15) is 13.3 Å². The minimum absolute atomic E-state index is 0.261. The molecule has 1 aromatic heterocycles. The van der Waals surface area contributed by atoms with E-state index in [1.54, 1.807) is 20.3 Å². The van der Waals surface area contributed by atoms with Gasteiger partial charge in [0.1, 0.15) is 0 Å². The Balaban J connectivity index is 2.95. The van der Waals surface area contributed by atoms with E-state index in [1.807, 2.05) is 11.9 Å². The van der Waals surface area contributed by atoms with Gasteiger partial charge in [-0.05, 0) is 19.9 Å². The van der Waals surface area contributed by atoms with Gasteiger partial charge < -0.3 is 20.1 Å². The molecular formula is C11H20N4O2. The quantitative estimate of drug-likeness (QED) is 0.787. The van der Waals surface area contributed by atoms with Crippen molar-refractivity contribution in [2.75, 3.05) is 32.7 Å². The minimum atomic E-state index is 0.261. The molecule has 2 N–H and O–H groups in total. The van der Waals surface area contributed by atoms with Crippen molar-refractivity contribution in [1.82, 2.24) is 9.97 Å². The third-order valence-electron chi connectivity index (χ3n) is 2.65. The number of methoxy groups -OCH3 is 2. The number of rotatable bonds is 6. The van der Waals surface area contributed by atoms with Gasteiger partial charge in [-0.1, -0.05) is 0 Å². The highest BCUT2D eigenvalue weighted by atomic mass is 16.5. The van der Waals surface area contributed by atoms with E-state index in [-0.39, 0.29) is 6.04 Å². The predicted molar refractivity (Wildman–Crippen MR) is 66.7 cm³/mol. The van der Waals surface area contributed by atoms with E-state index in [2.05, 4.69) is 16.9 Å². The van der Waals surface area contributed by atoms with Gasteiger partial charge in [0.25, 0.3) is 0 Å². The summed E-state index contributed by atoms with van der Waals surface area (Å²) in [5, 5.41) is 0. The fourth-order valence-corrected chi connectivity index (χ4v) is 1.39. The maximum absolute atomic E-state index is 5.54. The zero-order chi connectivity index (χ0) is 12.8. The lowest BCUT2D eigenvalue weighted by molar-refractivity contribution is 0.371. The largest absolute Gasteiger partial charge is 0.481 e. The Morgan fingerprint density at radius 3 is 2.24 bits per heavy atom. The fourth-order valence-electron chi connectivity index (χ4n) is 1.39. The number of nitrogens with zero attached hydrogens (tertiary/aromatic N) is 3. The third-order valence-corrected chi connectivity index (χ3v) is 2.65. The average molecular weight is 240 g/mol. The van der Waals surface area contributed by atoms with Gasteiger partial charge >= 0.3 is 0 Å². The van der Waals surface area contributed by atoms with Crippen molar-refractivity contribution in [3.05, 3.63) is 6.07 Å². The Hall–Kier alpha value is -1.56. The Morgan fingerprint density at radius 2 is 1.82 bits per heavy atom. The average Bonchev–Trinajstić information content (AvgIpc) is 2.37. The number of nitrogens with two attached hydrogens (primary N) is 1. The molecule has 1 unspecified atom stereocenters. The molecule has 96 valence electrons. The fraction of sp³-hybridized carbons (Fsp3) is 0.636. The molecule has 6 nitrogen and oxygen atoms in total. The molecule has 0 radical (unpaired) electrons. The Morgan fingerprint density at radius 1 is 1.29 bits per heavy atom. The van der Waals surface area contributed by atoms with E-state index < -0.39 is 0 Å². The molecule has 0 aliphatic carbocycles. The summed E-state index contributed by atoms with van der Waals surface area (Å²) in [4.78, 5) is 10.5. The summed E-state index contributed by atoms with van der Waals surface area (Å²) in [5.74, 6) is 1.54. The van der Waals surface area contributed by atoms with Gasteiger partial charge in [-0.2, -0.15) is 9.97 Å². The summed E-state index contributed by atoms with van der Waals surface area (Å²) >= 11 is 0. The van der Waals surface area contributed by atoms with Crippen LogP contribution in [0.5, 0.6) is 11.8 Å². The summed E-state index contributed by atoms with van der Waals surface area (Å²) in [6.45, 7) is 2.70. The molecule has 0 amide bonds. The molecule has 0 aliphatic rings. The molecule has 0 aliphatic heterocycles. The van der Waals surface area contributed by atoms with E-state index in [1.165, 1.54) is 0 Å². The molecular weight excluding hydrogens is 220 g/mol. The molecule has 0 aromatic carbocycles. The van der Waals surface area contributed by atoms with Gasteiger partial charge in [-0.15, -0.1) is 0 Å². The number of hydrogen-bond acceptors (Lipinski definition) is 6. The van der Waals surface area contributed by atoms with Crippen LogP contribution < -0.4 is 20.1 Å². The maximum atomic E-state index is 5.54. The van der Waals surface area contributed by atoms with E-state index in [4.69, 9.17) is 15.2 Å². The van der Waals surface area contributed by atoms with Crippen molar-refractivity contribution >= 4 is 5.95 Å². The molecule has 1 rings (SSSR count). The van der Waals surface area contributed by atoms with Gasteiger partial charge in [0.05, 0.1) is 20.3 Å². The summed E-state index contributed by atoms with van der Waals surface area (Å²) in [6, 6.07) is 1.90. The second kappa shape index (κ2) is 6.24. The van der Waals surface area contributed by atoms with Crippen molar-refractivity contribution in [2.24, 2.45) is 5.73 Å². The number of ether oxygens (including phenoxy) is 2. The topological polar surface area (TPSA) is 73.5 Å². The summed E-state index contributed by atoms with van der Waals surface area (Å²) in [5.41, 5.74) is 5.54. The van der Waals surface area contributed by atoms with E-state index in [0.717, 1.165) is 6.42 Å². The van der Waals surface area contributed by atoms with Crippen LogP contribution in [0.15, 0.2) is 6.07 Å². The normalized spacial score (nSPS) is 12.1. The molecule has 0 spiro atoms. The molecule has 0 bridgehead atoms. The van der Waals surface area contributed by atoms with Crippen molar-refractivity contribution in [3.8, 4) is 11.8 Å². The zero-order valence-corrected chi connectivity index (χ0v) is 10.8. The highest BCUT2D eigenvalue weighted by Gasteiger charge is 2.14.